The monoisotopic (exact) mass is 394 g/mol. The van der Waals surface area contributed by atoms with Crippen LogP contribution in [0, 0.1) is 5.92 Å². The minimum atomic E-state index is -1.23. The Morgan fingerprint density at radius 2 is 1.59 bits per heavy atom. The highest BCUT2D eigenvalue weighted by Gasteiger charge is 2.28. The SMILES string of the molecule is CCOC(=O)[C@@H](C)C[C@H](NC(=O)c1c2ccccc2nc2ccccc12)C(=O)O. The molecule has 0 aliphatic carbocycles. The average molecular weight is 394 g/mol. The van der Waals surface area contributed by atoms with E-state index in [-0.39, 0.29) is 13.0 Å². The number of amides is 1. The zero-order chi connectivity index (χ0) is 21.0. The third kappa shape index (κ3) is 4.34. The quantitative estimate of drug-likeness (QED) is 0.471. The molecule has 0 aliphatic heterocycles. The topological polar surface area (TPSA) is 106 Å². The van der Waals surface area contributed by atoms with Crippen LogP contribution >= 0.6 is 0 Å². The summed E-state index contributed by atoms with van der Waals surface area (Å²) in [5, 5.41) is 13.4. The fourth-order valence-corrected chi connectivity index (χ4v) is 3.27. The zero-order valence-corrected chi connectivity index (χ0v) is 16.2. The van der Waals surface area contributed by atoms with Crippen molar-refractivity contribution in [3.63, 3.8) is 0 Å². The fourth-order valence-electron chi connectivity index (χ4n) is 3.27. The summed E-state index contributed by atoms with van der Waals surface area (Å²) in [4.78, 5) is 41.3. The number of benzene rings is 2. The first-order valence-corrected chi connectivity index (χ1v) is 9.40. The first kappa shape index (κ1) is 20.3. The number of carbonyl (C=O) groups excluding carboxylic acids is 2. The lowest BCUT2D eigenvalue weighted by molar-refractivity contribution is -0.148. The van der Waals surface area contributed by atoms with E-state index in [1.165, 1.54) is 0 Å². The minimum Gasteiger partial charge on any atom is -0.480 e. The van der Waals surface area contributed by atoms with Gasteiger partial charge in [0.1, 0.15) is 6.04 Å². The van der Waals surface area contributed by atoms with Crippen molar-refractivity contribution < 1.29 is 24.2 Å². The van der Waals surface area contributed by atoms with Crippen molar-refractivity contribution >= 4 is 39.7 Å². The van der Waals surface area contributed by atoms with E-state index in [1.54, 1.807) is 50.2 Å². The average Bonchev–Trinajstić information content (AvgIpc) is 2.71. The molecule has 2 aromatic carbocycles. The number of nitrogens with one attached hydrogen (secondary N) is 1. The lowest BCUT2D eigenvalue weighted by Gasteiger charge is -2.19. The molecule has 7 heteroatoms. The van der Waals surface area contributed by atoms with Crippen molar-refractivity contribution in [1.82, 2.24) is 10.3 Å². The molecule has 1 heterocycles. The highest BCUT2D eigenvalue weighted by atomic mass is 16.5. The molecular weight excluding hydrogens is 372 g/mol. The Hall–Kier alpha value is -3.48. The number of carboxylic acids is 1. The predicted octanol–water partition coefficient (Wildman–Crippen LogP) is 3.16. The maximum absolute atomic E-state index is 13.1. The molecule has 3 aromatic rings. The second-order valence-corrected chi connectivity index (χ2v) is 6.77. The van der Waals surface area contributed by atoms with E-state index in [0.29, 0.717) is 27.4 Å². The predicted molar refractivity (Wildman–Crippen MR) is 109 cm³/mol. The van der Waals surface area contributed by atoms with Gasteiger partial charge < -0.3 is 15.2 Å². The van der Waals surface area contributed by atoms with Gasteiger partial charge in [0.2, 0.25) is 0 Å². The normalized spacial score (nSPS) is 13.0. The summed E-state index contributed by atoms with van der Waals surface area (Å²) in [6, 6.07) is 13.2. The van der Waals surface area contributed by atoms with Crippen molar-refractivity contribution in [3.05, 3.63) is 54.1 Å². The van der Waals surface area contributed by atoms with Crippen LogP contribution in [0.5, 0.6) is 0 Å². The van der Waals surface area contributed by atoms with Crippen molar-refractivity contribution in [3.8, 4) is 0 Å². The Kier molecular flexibility index (Phi) is 6.07. The zero-order valence-electron chi connectivity index (χ0n) is 16.2. The van der Waals surface area contributed by atoms with E-state index < -0.39 is 29.8 Å². The molecule has 2 N–H and O–H groups in total. The number of hydrogen-bond donors (Lipinski definition) is 2. The maximum Gasteiger partial charge on any atom is 0.326 e. The Labute approximate surface area is 167 Å². The molecule has 0 radical (unpaired) electrons. The highest BCUT2D eigenvalue weighted by molar-refractivity contribution is 6.16. The molecule has 2 atom stereocenters. The third-order valence-corrected chi connectivity index (χ3v) is 4.70. The Morgan fingerprint density at radius 1 is 1.03 bits per heavy atom. The van der Waals surface area contributed by atoms with Gasteiger partial charge in [0.05, 0.1) is 29.1 Å². The molecule has 0 aliphatic rings. The molecule has 0 saturated carbocycles. The Morgan fingerprint density at radius 3 is 2.10 bits per heavy atom. The fraction of sp³-hybridized carbons (Fsp3) is 0.273. The van der Waals surface area contributed by atoms with Gasteiger partial charge in [-0.25, -0.2) is 9.78 Å². The molecule has 3 rings (SSSR count). The lowest BCUT2D eigenvalue weighted by atomic mass is 9.99. The number of esters is 1. The van der Waals surface area contributed by atoms with E-state index >= 15 is 0 Å². The number of aromatic nitrogens is 1. The summed E-state index contributed by atoms with van der Waals surface area (Å²) in [5.41, 5.74) is 1.65. The van der Waals surface area contributed by atoms with Crippen LogP contribution in [0.4, 0.5) is 0 Å². The van der Waals surface area contributed by atoms with Crippen LogP contribution in [-0.2, 0) is 14.3 Å². The van der Waals surface area contributed by atoms with Crippen molar-refractivity contribution in [1.29, 1.82) is 0 Å². The van der Waals surface area contributed by atoms with Crippen molar-refractivity contribution in [2.24, 2.45) is 5.92 Å². The first-order valence-electron chi connectivity index (χ1n) is 9.40. The molecule has 0 bridgehead atoms. The van der Waals surface area contributed by atoms with Crippen LogP contribution in [0.15, 0.2) is 48.5 Å². The van der Waals surface area contributed by atoms with E-state index in [9.17, 15) is 19.5 Å². The van der Waals surface area contributed by atoms with Crippen molar-refractivity contribution in [2.45, 2.75) is 26.3 Å². The maximum atomic E-state index is 13.1. The van der Waals surface area contributed by atoms with E-state index in [2.05, 4.69) is 10.3 Å². The van der Waals surface area contributed by atoms with Gasteiger partial charge in [-0.1, -0.05) is 43.3 Å². The number of hydrogen-bond acceptors (Lipinski definition) is 5. The van der Waals surface area contributed by atoms with Gasteiger partial charge in [-0.3, -0.25) is 9.59 Å². The molecule has 29 heavy (non-hydrogen) atoms. The molecule has 0 spiro atoms. The summed E-state index contributed by atoms with van der Waals surface area (Å²) in [6.07, 6.45) is -0.0686. The first-order chi connectivity index (χ1) is 13.9. The molecule has 1 aromatic heterocycles. The molecule has 0 saturated heterocycles. The van der Waals surface area contributed by atoms with Crippen LogP contribution in [0.3, 0.4) is 0 Å². The standard InChI is InChI=1S/C22H22N2O5/c1-3-29-22(28)13(2)12-18(21(26)27)24-20(25)19-14-8-4-6-10-16(14)23-17-11-7-5-9-15(17)19/h4-11,13,18H,3,12H2,1-2H3,(H,24,25)(H,26,27)/t13-,18-/m0/s1. The Bertz CT molecular complexity index is 1030. The molecule has 1 amide bonds. The molecule has 0 fully saturated rings. The summed E-state index contributed by atoms with van der Waals surface area (Å²) < 4.78 is 4.94. The number of nitrogens with zero attached hydrogens (tertiary/aromatic N) is 1. The van der Waals surface area contributed by atoms with Gasteiger partial charge in [0, 0.05) is 10.8 Å². The number of aliphatic carboxylic acids is 1. The van der Waals surface area contributed by atoms with Crippen LogP contribution in [0.25, 0.3) is 21.8 Å². The van der Waals surface area contributed by atoms with Gasteiger partial charge in [-0.2, -0.15) is 0 Å². The van der Waals surface area contributed by atoms with Gasteiger partial charge in [0.15, 0.2) is 0 Å². The molecule has 7 nitrogen and oxygen atoms in total. The van der Waals surface area contributed by atoms with E-state index in [4.69, 9.17) is 4.74 Å². The van der Waals surface area contributed by atoms with E-state index in [1.807, 2.05) is 12.1 Å². The lowest BCUT2D eigenvalue weighted by Crippen LogP contribution is -2.43. The number of ether oxygens (including phenoxy) is 1. The summed E-state index contributed by atoms with van der Waals surface area (Å²) >= 11 is 0. The molecular formula is C22H22N2O5. The second kappa shape index (κ2) is 8.68. The van der Waals surface area contributed by atoms with Crippen LogP contribution < -0.4 is 5.32 Å². The van der Waals surface area contributed by atoms with Gasteiger partial charge in [-0.15, -0.1) is 0 Å². The number of carbonyl (C=O) groups is 3. The Balaban J connectivity index is 1.97. The smallest absolute Gasteiger partial charge is 0.326 e. The van der Waals surface area contributed by atoms with Crippen LogP contribution in [0.1, 0.15) is 30.6 Å². The third-order valence-electron chi connectivity index (χ3n) is 4.70. The van der Waals surface area contributed by atoms with Crippen LogP contribution in [-0.4, -0.2) is 40.6 Å². The minimum absolute atomic E-state index is 0.0686. The summed E-state index contributed by atoms with van der Waals surface area (Å²) in [6.45, 7) is 3.47. The number of fused-ring (bicyclic) bond motifs is 2. The van der Waals surface area contributed by atoms with Gasteiger partial charge in [0.25, 0.3) is 5.91 Å². The largest absolute Gasteiger partial charge is 0.480 e. The van der Waals surface area contributed by atoms with E-state index in [0.717, 1.165) is 0 Å². The molecule has 150 valence electrons. The number of pyridine rings is 1. The summed E-state index contributed by atoms with van der Waals surface area (Å²) in [7, 11) is 0. The van der Waals surface area contributed by atoms with Gasteiger partial charge in [-0.05, 0) is 25.5 Å². The summed E-state index contributed by atoms with van der Waals surface area (Å²) in [5.74, 6) is -2.89. The molecule has 0 unspecified atom stereocenters. The highest BCUT2D eigenvalue weighted by Crippen LogP contribution is 2.26. The van der Waals surface area contributed by atoms with Crippen molar-refractivity contribution in [2.75, 3.05) is 6.61 Å². The van der Waals surface area contributed by atoms with Gasteiger partial charge >= 0.3 is 11.9 Å². The number of carboxylic acid groups (broad SMARTS) is 1. The second-order valence-electron chi connectivity index (χ2n) is 6.77. The number of rotatable bonds is 7. The number of para-hydroxylation sites is 2. The van der Waals surface area contributed by atoms with Crippen LogP contribution in [0.2, 0.25) is 0 Å².